The predicted octanol–water partition coefficient (Wildman–Crippen LogP) is 1.71. The summed E-state index contributed by atoms with van der Waals surface area (Å²) in [5.74, 6) is -0.891. The summed E-state index contributed by atoms with van der Waals surface area (Å²) >= 11 is 0. The first kappa shape index (κ1) is 11.0. The van der Waals surface area contributed by atoms with Gasteiger partial charge in [0.2, 0.25) is 0 Å². The topological polar surface area (TPSA) is 40.5 Å². The third-order valence-corrected chi connectivity index (χ3v) is 1.59. The number of hydrogen-bond donors (Lipinski definition) is 1. The normalized spacial score (nSPS) is 10.5. The molecule has 0 aliphatic heterocycles. The molecule has 0 aromatic carbocycles. The molecule has 0 bridgehead atoms. The lowest BCUT2D eigenvalue weighted by molar-refractivity contribution is -0.131. The average molecular weight is 171 g/mol. The van der Waals surface area contributed by atoms with Crippen molar-refractivity contribution in [3.8, 4) is 0 Å². The Morgan fingerprint density at radius 3 is 2.67 bits per heavy atom. The van der Waals surface area contributed by atoms with Crippen molar-refractivity contribution in [2.24, 2.45) is 0 Å². The van der Waals surface area contributed by atoms with Crippen LogP contribution in [0.3, 0.4) is 0 Å². The fourth-order valence-electron chi connectivity index (χ4n) is 0.877. The summed E-state index contributed by atoms with van der Waals surface area (Å²) in [6.45, 7) is 3.07. The van der Waals surface area contributed by atoms with Gasteiger partial charge in [-0.15, -0.1) is 0 Å². The molecule has 3 nitrogen and oxygen atoms in total. The van der Waals surface area contributed by atoms with E-state index in [-0.39, 0.29) is 0 Å². The summed E-state index contributed by atoms with van der Waals surface area (Å²) in [5.41, 5.74) is 0. The molecule has 0 amide bonds. The van der Waals surface area contributed by atoms with Crippen LogP contribution in [0.2, 0.25) is 0 Å². The lowest BCUT2D eigenvalue weighted by Gasteiger charge is -2.12. The van der Waals surface area contributed by atoms with Crippen LogP contribution in [0.15, 0.2) is 12.3 Å². The first-order valence-electron chi connectivity index (χ1n) is 4.28. The molecule has 0 fully saturated rings. The smallest absolute Gasteiger partial charge is 0.329 e. The maximum Gasteiger partial charge on any atom is 0.329 e. The van der Waals surface area contributed by atoms with Crippen LogP contribution in [0, 0.1) is 0 Å². The molecular formula is C9H17NO2. The van der Waals surface area contributed by atoms with E-state index in [2.05, 4.69) is 6.92 Å². The lowest BCUT2D eigenvalue weighted by atomic mass is 10.2. The average Bonchev–Trinajstić information content (AvgIpc) is 2.01. The van der Waals surface area contributed by atoms with Gasteiger partial charge >= 0.3 is 5.97 Å². The van der Waals surface area contributed by atoms with E-state index in [1.54, 1.807) is 6.20 Å². The van der Waals surface area contributed by atoms with Gasteiger partial charge in [0.1, 0.15) is 0 Å². The molecule has 3 heteroatoms. The molecule has 0 aromatic rings. The van der Waals surface area contributed by atoms with Crippen LogP contribution in [0.5, 0.6) is 0 Å². The van der Waals surface area contributed by atoms with Gasteiger partial charge in [-0.1, -0.05) is 19.8 Å². The van der Waals surface area contributed by atoms with E-state index < -0.39 is 5.97 Å². The van der Waals surface area contributed by atoms with Gasteiger partial charge in [0.05, 0.1) is 0 Å². The number of carboxylic acid groups (broad SMARTS) is 1. The van der Waals surface area contributed by atoms with E-state index in [9.17, 15) is 4.79 Å². The Bertz CT molecular complexity index is 155. The van der Waals surface area contributed by atoms with Crippen LogP contribution < -0.4 is 0 Å². The molecule has 0 saturated heterocycles. The molecule has 1 N–H and O–H groups in total. The minimum Gasteiger partial charge on any atom is -0.478 e. The highest BCUT2D eigenvalue weighted by Crippen LogP contribution is 1.96. The Morgan fingerprint density at radius 2 is 2.17 bits per heavy atom. The minimum absolute atomic E-state index is 0.891. The summed E-state index contributed by atoms with van der Waals surface area (Å²) < 4.78 is 0. The van der Waals surface area contributed by atoms with Crippen molar-refractivity contribution in [1.29, 1.82) is 0 Å². The van der Waals surface area contributed by atoms with Gasteiger partial charge in [-0.3, -0.25) is 0 Å². The van der Waals surface area contributed by atoms with Crippen LogP contribution in [-0.2, 0) is 4.79 Å². The Hall–Kier alpha value is -0.990. The number of aliphatic carboxylic acids is 1. The van der Waals surface area contributed by atoms with E-state index in [0.29, 0.717) is 0 Å². The maximum atomic E-state index is 10.1. The van der Waals surface area contributed by atoms with E-state index in [1.807, 2.05) is 11.9 Å². The Balaban J connectivity index is 3.45. The van der Waals surface area contributed by atoms with E-state index in [0.717, 1.165) is 19.0 Å². The standard InChI is InChI=1S/C9H17NO2/c1-3-4-5-7-10(2)8-6-9(11)12/h6,8H,3-5,7H2,1-2H3,(H,11,12). The molecule has 0 unspecified atom stereocenters. The van der Waals surface area contributed by atoms with E-state index >= 15 is 0 Å². The zero-order valence-electron chi connectivity index (χ0n) is 7.79. The van der Waals surface area contributed by atoms with Crippen LogP contribution in [-0.4, -0.2) is 29.6 Å². The van der Waals surface area contributed by atoms with Crippen LogP contribution in [0.4, 0.5) is 0 Å². The number of carboxylic acids is 1. The molecule has 0 aliphatic rings. The Labute approximate surface area is 73.7 Å². The molecule has 0 heterocycles. The molecule has 0 aliphatic carbocycles. The number of unbranched alkanes of at least 4 members (excludes halogenated alkanes) is 2. The van der Waals surface area contributed by atoms with E-state index in [4.69, 9.17) is 5.11 Å². The summed E-state index contributed by atoms with van der Waals surface area (Å²) in [7, 11) is 1.88. The lowest BCUT2D eigenvalue weighted by Crippen LogP contribution is -2.12. The third kappa shape index (κ3) is 7.12. The maximum absolute atomic E-state index is 10.1. The van der Waals surface area contributed by atoms with Gasteiger partial charge in [0, 0.05) is 25.9 Å². The van der Waals surface area contributed by atoms with Gasteiger partial charge in [-0.05, 0) is 6.42 Å². The number of hydrogen-bond acceptors (Lipinski definition) is 2. The van der Waals surface area contributed by atoms with Crippen molar-refractivity contribution < 1.29 is 9.90 Å². The highest BCUT2D eigenvalue weighted by Gasteiger charge is 1.91. The predicted molar refractivity (Wildman–Crippen MR) is 48.9 cm³/mol. The number of nitrogens with zero attached hydrogens (tertiary/aromatic N) is 1. The first-order valence-corrected chi connectivity index (χ1v) is 4.28. The van der Waals surface area contributed by atoms with Crippen molar-refractivity contribution in [3.63, 3.8) is 0 Å². The van der Waals surface area contributed by atoms with Crippen LogP contribution in [0.25, 0.3) is 0 Å². The molecule has 12 heavy (non-hydrogen) atoms. The SMILES string of the molecule is CCCCCN(C)C=CC(=O)O. The molecule has 0 saturated carbocycles. The second kappa shape index (κ2) is 6.70. The zero-order chi connectivity index (χ0) is 9.40. The summed E-state index contributed by atoms with van der Waals surface area (Å²) in [6.07, 6.45) is 6.27. The number of carbonyl (C=O) groups is 1. The van der Waals surface area contributed by atoms with Crippen molar-refractivity contribution in [3.05, 3.63) is 12.3 Å². The van der Waals surface area contributed by atoms with E-state index in [1.165, 1.54) is 12.8 Å². The summed E-state index contributed by atoms with van der Waals surface area (Å²) in [5, 5.41) is 8.32. The molecule has 70 valence electrons. The highest BCUT2D eigenvalue weighted by atomic mass is 16.4. The van der Waals surface area contributed by atoms with Gasteiger partial charge in [-0.2, -0.15) is 0 Å². The summed E-state index contributed by atoms with van der Waals surface area (Å²) in [4.78, 5) is 12.0. The zero-order valence-corrected chi connectivity index (χ0v) is 7.79. The largest absolute Gasteiger partial charge is 0.478 e. The minimum atomic E-state index is -0.891. The van der Waals surface area contributed by atoms with Gasteiger partial charge in [0.25, 0.3) is 0 Å². The molecular weight excluding hydrogens is 154 g/mol. The quantitative estimate of drug-likeness (QED) is 0.488. The highest BCUT2D eigenvalue weighted by molar-refractivity contribution is 5.79. The van der Waals surface area contributed by atoms with Gasteiger partial charge in [-0.25, -0.2) is 4.79 Å². The first-order chi connectivity index (χ1) is 5.66. The molecule has 0 aromatic heterocycles. The number of rotatable bonds is 6. The molecule has 0 spiro atoms. The summed E-state index contributed by atoms with van der Waals surface area (Å²) in [6, 6.07) is 0. The van der Waals surface area contributed by atoms with Crippen molar-refractivity contribution in [1.82, 2.24) is 4.90 Å². The molecule has 0 radical (unpaired) electrons. The Kier molecular flexibility index (Phi) is 6.15. The second-order valence-corrected chi connectivity index (χ2v) is 2.84. The van der Waals surface area contributed by atoms with Crippen LogP contribution in [0.1, 0.15) is 26.2 Å². The fraction of sp³-hybridized carbons (Fsp3) is 0.667. The van der Waals surface area contributed by atoms with Gasteiger partial charge in [0.15, 0.2) is 0 Å². The van der Waals surface area contributed by atoms with Crippen LogP contribution >= 0.6 is 0 Å². The fourth-order valence-corrected chi connectivity index (χ4v) is 0.877. The monoisotopic (exact) mass is 171 g/mol. The molecule has 0 rings (SSSR count). The molecule has 0 atom stereocenters. The Morgan fingerprint density at radius 1 is 1.50 bits per heavy atom. The second-order valence-electron chi connectivity index (χ2n) is 2.84. The third-order valence-electron chi connectivity index (χ3n) is 1.59. The van der Waals surface area contributed by atoms with Crippen molar-refractivity contribution in [2.45, 2.75) is 26.2 Å². The van der Waals surface area contributed by atoms with Gasteiger partial charge < -0.3 is 10.0 Å². The van der Waals surface area contributed by atoms with Crippen molar-refractivity contribution in [2.75, 3.05) is 13.6 Å². The van der Waals surface area contributed by atoms with Crippen molar-refractivity contribution >= 4 is 5.97 Å².